The molecule has 1 unspecified atom stereocenters. The van der Waals surface area contributed by atoms with Gasteiger partial charge in [0.25, 0.3) is 0 Å². The largest absolute Gasteiger partial charge is 0.374 e. The summed E-state index contributed by atoms with van der Waals surface area (Å²) in [5, 5.41) is 2.87. The maximum Gasteiger partial charge on any atom is 0.239 e. The van der Waals surface area contributed by atoms with E-state index in [-0.39, 0.29) is 10.6 Å². The highest BCUT2D eigenvalue weighted by Crippen LogP contribution is 2.15. The number of anilines is 1. The van der Waals surface area contributed by atoms with Gasteiger partial charge in [0, 0.05) is 5.69 Å². The number of benzene rings is 1. The number of carbonyl (C=O) groups excluding carboxylic acids is 1. The lowest BCUT2D eigenvalue weighted by molar-refractivity contribution is -0.118. The van der Waals surface area contributed by atoms with Gasteiger partial charge in [0.1, 0.15) is 6.04 Å². The fourth-order valence-electron chi connectivity index (χ4n) is 1.25. The van der Waals surface area contributed by atoms with Gasteiger partial charge in [-0.3, -0.25) is 4.79 Å². The Morgan fingerprint density at radius 1 is 1.35 bits per heavy atom. The Kier molecular flexibility index (Phi) is 4.11. The van der Waals surface area contributed by atoms with E-state index in [1.807, 2.05) is 0 Å². The van der Waals surface area contributed by atoms with Crippen LogP contribution in [0.25, 0.3) is 0 Å². The molecule has 0 aromatic heterocycles. The van der Waals surface area contributed by atoms with Gasteiger partial charge < -0.3 is 11.1 Å². The molecule has 0 spiro atoms. The second-order valence-electron chi connectivity index (χ2n) is 3.70. The zero-order valence-corrected chi connectivity index (χ0v) is 10.6. The molecule has 0 fully saturated rings. The highest BCUT2D eigenvalue weighted by atomic mass is 32.2. The van der Waals surface area contributed by atoms with E-state index in [0.29, 0.717) is 5.69 Å². The van der Waals surface area contributed by atoms with Crippen LogP contribution in [0.1, 0.15) is 13.8 Å². The number of hydrogen-bond donors (Lipinski definition) is 2. The summed E-state index contributed by atoms with van der Waals surface area (Å²) in [5.41, 5.74) is 5.77. The predicted molar refractivity (Wildman–Crippen MR) is 66.4 cm³/mol. The van der Waals surface area contributed by atoms with Gasteiger partial charge >= 0.3 is 0 Å². The SMILES string of the molecule is CCS(=O)(=O)c1ccc(NC(C)C(N)=O)cc1. The number of amides is 1. The Balaban J connectivity index is 2.86. The van der Waals surface area contributed by atoms with Gasteiger partial charge in [0.15, 0.2) is 9.84 Å². The van der Waals surface area contributed by atoms with Crippen LogP contribution in [0.15, 0.2) is 29.2 Å². The van der Waals surface area contributed by atoms with Crippen molar-refractivity contribution < 1.29 is 13.2 Å². The minimum absolute atomic E-state index is 0.0669. The maximum absolute atomic E-state index is 11.5. The van der Waals surface area contributed by atoms with Crippen molar-refractivity contribution in [3.05, 3.63) is 24.3 Å². The van der Waals surface area contributed by atoms with Crippen molar-refractivity contribution in [3.8, 4) is 0 Å². The lowest BCUT2D eigenvalue weighted by atomic mass is 10.2. The zero-order valence-electron chi connectivity index (χ0n) is 9.80. The van der Waals surface area contributed by atoms with Crippen LogP contribution in [-0.2, 0) is 14.6 Å². The standard InChI is InChI=1S/C11H16N2O3S/c1-3-17(15,16)10-6-4-9(5-7-10)13-8(2)11(12)14/h4-8,13H,3H2,1-2H3,(H2,12,14). The number of rotatable bonds is 5. The number of sulfone groups is 1. The Morgan fingerprint density at radius 2 is 1.88 bits per heavy atom. The molecule has 0 saturated carbocycles. The second-order valence-corrected chi connectivity index (χ2v) is 5.97. The molecule has 0 aliphatic carbocycles. The molecule has 0 saturated heterocycles. The molecule has 0 aliphatic heterocycles. The number of hydrogen-bond acceptors (Lipinski definition) is 4. The van der Waals surface area contributed by atoms with Crippen LogP contribution in [-0.4, -0.2) is 26.1 Å². The van der Waals surface area contributed by atoms with Crippen LogP contribution in [0, 0.1) is 0 Å². The Bertz CT molecular complexity index is 494. The van der Waals surface area contributed by atoms with Crippen molar-refractivity contribution in [2.24, 2.45) is 5.73 Å². The molecule has 5 nitrogen and oxygen atoms in total. The fourth-order valence-corrected chi connectivity index (χ4v) is 2.13. The molecular formula is C11H16N2O3S. The fraction of sp³-hybridized carbons (Fsp3) is 0.364. The smallest absolute Gasteiger partial charge is 0.239 e. The average Bonchev–Trinajstić information content (AvgIpc) is 2.29. The molecule has 6 heteroatoms. The number of nitrogens with one attached hydrogen (secondary N) is 1. The molecule has 0 bridgehead atoms. The van der Waals surface area contributed by atoms with E-state index in [1.54, 1.807) is 26.0 Å². The summed E-state index contributed by atoms with van der Waals surface area (Å²) in [7, 11) is -3.18. The third-order valence-corrected chi connectivity index (χ3v) is 4.15. The van der Waals surface area contributed by atoms with E-state index in [9.17, 15) is 13.2 Å². The van der Waals surface area contributed by atoms with Crippen molar-refractivity contribution in [1.82, 2.24) is 0 Å². The van der Waals surface area contributed by atoms with Crippen molar-refractivity contribution in [2.75, 3.05) is 11.1 Å². The molecule has 3 N–H and O–H groups in total. The van der Waals surface area contributed by atoms with Crippen molar-refractivity contribution in [1.29, 1.82) is 0 Å². The normalized spacial score (nSPS) is 13.1. The molecule has 1 rings (SSSR count). The van der Waals surface area contributed by atoms with E-state index in [1.165, 1.54) is 12.1 Å². The van der Waals surface area contributed by atoms with Gasteiger partial charge in [-0.1, -0.05) is 6.92 Å². The van der Waals surface area contributed by atoms with Crippen LogP contribution < -0.4 is 11.1 Å². The van der Waals surface area contributed by atoms with E-state index in [0.717, 1.165) is 0 Å². The second kappa shape index (κ2) is 5.18. The predicted octanol–water partition coefficient (Wildman–Crippen LogP) is 0.766. The maximum atomic E-state index is 11.5. The third kappa shape index (κ3) is 3.45. The van der Waals surface area contributed by atoms with Crippen molar-refractivity contribution >= 4 is 21.4 Å². The van der Waals surface area contributed by atoms with Crippen LogP contribution in [0.3, 0.4) is 0 Å². The van der Waals surface area contributed by atoms with E-state index >= 15 is 0 Å². The van der Waals surface area contributed by atoms with Crippen molar-refractivity contribution in [2.45, 2.75) is 24.8 Å². The first-order chi connectivity index (χ1) is 7.86. The first-order valence-corrected chi connectivity index (χ1v) is 6.90. The molecule has 17 heavy (non-hydrogen) atoms. The number of carbonyl (C=O) groups is 1. The molecule has 1 aromatic carbocycles. The molecule has 1 aromatic rings. The molecule has 1 amide bonds. The zero-order chi connectivity index (χ0) is 13.1. The van der Waals surface area contributed by atoms with E-state index in [2.05, 4.69) is 5.32 Å². The van der Waals surface area contributed by atoms with Crippen molar-refractivity contribution in [3.63, 3.8) is 0 Å². The summed E-state index contributed by atoms with van der Waals surface area (Å²) >= 11 is 0. The lowest BCUT2D eigenvalue weighted by Crippen LogP contribution is -2.32. The van der Waals surface area contributed by atoms with E-state index < -0.39 is 21.8 Å². The lowest BCUT2D eigenvalue weighted by Gasteiger charge is -2.11. The number of nitrogens with two attached hydrogens (primary N) is 1. The Hall–Kier alpha value is -1.56. The first kappa shape index (κ1) is 13.5. The summed E-state index contributed by atoms with van der Waals surface area (Å²) in [4.78, 5) is 11.1. The molecule has 1 atom stereocenters. The topological polar surface area (TPSA) is 89.3 Å². The highest BCUT2D eigenvalue weighted by molar-refractivity contribution is 7.91. The van der Waals surface area contributed by atoms with Gasteiger partial charge in [-0.05, 0) is 31.2 Å². The average molecular weight is 256 g/mol. The van der Waals surface area contributed by atoms with Gasteiger partial charge in [0.05, 0.1) is 10.6 Å². The third-order valence-electron chi connectivity index (χ3n) is 2.40. The van der Waals surface area contributed by atoms with Gasteiger partial charge in [-0.2, -0.15) is 0 Å². The molecule has 0 aliphatic rings. The first-order valence-electron chi connectivity index (χ1n) is 5.25. The summed E-state index contributed by atoms with van der Waals surface area (Å²) in [6.45, 7) is 3.23. The summed E-state index contributed by atoms with van der Waals surface area (Å²) in [6.07, 6.45) is 0. The molecule has 0 radical (unpaired) electrons. The van der Waals surface area contributed by atoms with Crippen LogP contribution >= 0.6 is 0 Å². The van der Waals surface area contributed by atoms with Gasteiger partial charge in [-0.25, -0.2) is 8.42 Å². The van der Waals surface area contributed by atoms with E-state index in [4.69, 9.17) is 5.73 Å². The summed E-state index contributed by atoms with van der Waals surface area (Å²) in [5.74, 6) is -0.396. The molecular weight excluding hydrogens is 240 g/mol. The minimum Gasteiger partial charge on any atom is -0.374 e. The van der Waals surface area contributed by atoms with Crippen LogP contribution in [0.2, 0.25) is 0 Å². The number of primary amides is 1. The van der Waals surface area contributed by atoms with Gasteiger partial charge in [0.2, 0.25) is 5.91 Å². The van der Waals surface area contributed by atoms with Crippen LogP contribution in [0.4, 0.5) is 5.69 Å². The highest BCUT2D eigenvalue weighted by Gasteiger charge is 2.12. The van der Waals surface area contributed by atoms with Gasteiger partial charge in [-0.15, -0.1) is 0 Å². The summed E-state index contributed by atoms with van der Waals surface area (Å²) < 4.78 is 23.1. The van der Waals surface area contributed by atoms with Crippen LogP contribution in [0.5, 0.6) is 0 Å². The quantitative estimate of drug-likeness (QED) is 0.814. The Labute approximate surface area is 101 Å². The Morgan fingerprint density at radius 3 is 2.29 bits per heavy atom. The monoisotopic (exact) mass is 256 g/mol. The summed E-state index contributed by atoms with van der Waals surface area (Å²) in [6, 6.07) is 5.75. The molecule has 0 heterocycles. The molecule has 94 valence electrons. The minimum atomic E-state index is -3.18.